The van der Waals surface area contributed by atoms with E-state index in [1.54, 1.807) is 0 Å². The van der Waals surface area contributed by atoms with Gasteiger partial charge in [-0.3, -0.25) is 0 Å². The maximum atomic E-state index is 12.8. The van der Waals surface area contributed by atoms with Gasteiger partial charge in [-0.1, -0.05) is 19.4 Å². The van der Waals surface area contributed by atoms with Crippen molar-refractivity contribution in [3.05, 3.63) is 35.9 Å². The Kier molecular flexibility index (Phi) is 7.67. The summed E-state index contributed by atoms with van der Waals surface area (Å²) in [5.74, 6) is 2.21. The number of hydrogen-bond donors (Lipinski definition) is 3. The number of rotatable bonds is 7. The molecule has 0 spiro atoms. The van der Waals surface area contributed by atoms with Crippen molar-refractivity contribution in [2.45, 2.75) is 26.7 Å². The first-order valence-electron chi connectivity index (χ1n) is 11.9. The lowest BCUT2D eigenvalue weighted by Gasteiger charge is -2.28. The molecular weight excluding hydrogens is 418 g/mol. The normalized spacial score (nSPS) is 18.5. The van der Waals surface area contributed by atoms with Gasteiger partial charge in [-0.15, -0.1) is 0 Å². The van der Waals surface area contributed by atoms with E-state index in [0.29, 0.717) is 25.7 Å². The van der Waals surface area contributed by atoms with E-state index in [9.17, 15) is 9.90 Å². The largest absolute Gasteiger partial charge is 0.395 e. The number of pyridine rings is 1. The van der Waals surface area contributed by atoms with Crippen molar-refractivity contribution < 1.29 is 14.6 Å². The van der Waals surface area contributed by atoms with Crippen LogP contribution in [0.1, 0.15) is 25.3 Å². The Morgan fingerprint density at radius 1 is 1.21 bits per heavy atom. The Hall–Kier alpha value is -2.84. The topological polar surface area (TPSA) is 90.0 Å². The third-order valence-corrected chi connectivity index (χ3v) is 6.52. The molecule has 1 atom stereocenters. The van der Waals surface area contributed by atoms with Gasteiger partial charge in [0.15, 0.2) is 0 Å². The average Bonchev–Trinajstić information content (AvgIpc) is 3.34. The number of urea groups is 1. The summed E-state index contributed by atoms with van der Waals surface area (Å²) >= 11 is 0. The van der Waals surface area contributed by atoms with Crippen molar-refractivity contribution in [1.82, 2.24) is 9.88 Å². The minimum Gasteiger partial charge on any atom is -0.395 e. The number of carbonyl (C=O) groups excluding carboxylic acids is 1. The van der Waals surface area contributed by atoms with Gasteiger partial charge < -0.3 is 30.3 Å². The highest BCUT2D eigenvalue weighted by Gasteiger charge is 2.25. The summed E-state index contributed by atoms with van der Waals surface area (Å²) in [6, 6.07) is 10.1. The molecule has 0 unspecified atom stereocenters. The van der Waals surface area contributed by atoms with E-state index in [4.69, 9.17) is 9.72 Å². The van der Waals surface area contributed by atoms with E-state index in [1.165, 1.54) is 0 Å². The van der Waals surface area contributed by atoms with Gasteiger partial charge in [0.2, 0.25) is 0 Å². The number of nitrogens with one attached hydrogen (secondary N) is 2. The van der Waals surface area contributed by atoms with Crippen molar-refractivity contribution in [1.29, 1.82) is 0 Å². The number of ether oxygens (including phenoxy) is 1. The van der Waals surface area contributed by atoms with Crippen molar-refractivity contribution in [2.75, 3.05) is 68.1 Å². The quantitative estimate of drug-likeness (QED) is 0.594. The first-order chi connectivity index (χ1) is 16.1. The Morgan fingerprint density at radius 2 is 2.03 bits per heavy atom. The first kappa shape index (κ1) is 23.3. The minimum atomic E-state index is -0.0326. The highest BCUT2D eigenvalue weighted by Crippen LogP contribution is 2.31. The maximum Gasteiger partial charge on any atom is 0.321 e. The van der Waals surface area contributed by atoms with E-state index in [1.807, 2.05) is 29.2 Å². The minimum absolute atomic E-state index is 0.0326. The molecule has 8 nitrogen and oxygen atoms in total. The van der Waals surface area contributed by atoms with Crippen molar-refractivity contribution in [3.63, 3.8) is 0 Å². The van der Waals surface area contributed by atoms with Crippen LogP contribution in [0, 0.1) is 12.8 Å². The Bertz CT molecular complexity index is 961. The van der Waals surface area contributed by atoms with Gasteiger partial charge in [0.1, 0.15) is 11.6 Å². The highest BCUT2D eigenvalue weighted by atomic mass is 16.5. The molecule has 4 rings (SSSR count). The number of anilines is 3. The fraction of sp³-hybridized carbons (Fsp3) is 0.520. The van der Waals surface area contributed by atoms with Gasteiger partial charge in [-0.2, -0.15) is 0 Å². The molecule has 0 saturated carbocycles. The average molecular weight is 454 g/mol. The molecule has 2 saturated heterocycles. The van der Waals surface area contributed by atoms with Crippen LogP contribution in [0.25, 0.3) is 11.1 Å². The van der Waals surface area contributed by atoms with Gasteiger partial charge in [0.25, 0.3) is 0 Å². The molecule has 2 fully saturated rings. The molecule has 2 amide bonds. The van der Waals surface area contributed by atoms with Gasteiger partial charge in [0, 0.05) is 38.4 Å². The molecule has 2 aliphatic rings. The van der Waals surface area contributed by atoms with E-state index in [-0.39, 0.29) is 12.6 Å². The van der Waals surface area contributed by atoms with Crippen LogP contribution in [0.2, 0.25) is 0 Å². The zero-order valence-corrected chi connectivity index (χ0v) is 19.6. The van der Waals surface area contributed by atoms with Crippen LogP contribution in [0.15, 0.2) is 30.3 Å². The number of carbonyl (C=O) groups is 1. The zero-order valence-electron chi connectivity index (χ0n) is 19.6. The highest BCUT2D eigenvalue weighted by molar-refractivity contribution is 5.91. The molecule has 2 aromatic rings. The summed E-state index contributed by atoms with van der Waals surface area (Å²) < 4.78 is 5.50. The number of aliphatic hydroxyl groups is 1. The molecule has 33 heavy (non-hydrogen) atoms. The van der Waals surface area contributed by atoms with Crippen LogP contribution in [0.4, 0.5) is 22.1 Å². The monoisotopic (exact) mass is 453 g/mol. The molecule has 1 aromatic carbocycles. The van der Waals surface area contributed by atoms with Crippen molar-refractivity contribution in [2.24, 2.45) is 5.92 Å². The molecule has 3 heterocycles. The summed E-state index contributed by atoms with van der Waals surface area (Å²) in [6.45, 7) is 9.31. The second-order valence-electron chi connectivity index (χ2n) is 8.82. The van der Waals surface area contributed by atoms with Gasteiger partial charge in [-0.25, -0.2) is 9.78 Å². The first-order valence-corrected chi connectivity index (χ1v) is 11.9. The van der Waals surface area contributed by atoms with E-state index < -0.39 is 0 Å². The summed E-state index contributed by atoms with van der Waals surface area (Å²) in [5, 5.41) is 15.5. The predicted molar refractivity (Wildman–Crippen MR) is 132 cm³/mol. The summed E-state index contributed by atoms with van der Waals surface area (Å²) in [7, 11) is 0. The lowest BCUT2D eigenvalue weighted by atomic mass is 10.00. The van der Waals surface area contributed by atoms with Crippen LogP contribution >= 0.6 is 0 Å². The number of morpholine rings is 1. The summed E-state index contributed by atoms with van der Waals surface area (Å²) in [6.07, 6.45) is 2.19. The molecule has 0 bridgehead atoms. The molecule has 0 radical (unpaired) electrons. The standard InChI is InChI=1S/C25H35N5O3/c1-3-19-6-8-30(17-19)25(32)27-21-5-4-18(2)22(16-21)20-14-23(26-7-11-31)28-24(15-20)29-9-12-33-13-10-29/h4-5,14-16,19,31H,3,6-13,17H2,1-2H3,(H,26,28)(H,27,32)/t19-/m1/s1. The summed E-state index contributed by atoms with van der Waals surface area (Å²) in [4.78, 5) is 21.7. The Balaban J connectivity index is 1.59. The van der Waals surface area contributed by atoms with Crippen LogP contribution in [0.5, 0.6) is 0 Å². The summed E-state index contributed by atoms with van der Waals surface area (Å²) in [5.41, 5.74) is 3.97. The zero-order chi connectivity index (χ0) is 23.2. The fourth-order valence-electron chi connectivity index (χ4n) is 4.46. The number of aliphatic hydroxyl groups excluding tert-OH is 1. The molecule has 8 heteroatoms. The van der Waals surface area contributed by atoms with Crippen LogP contribution < -0.4 is 15.5 Å². The van der Waals surface area contributed by atoms with Crippen molar-refractivity contribution in [3.8, 4) is 11.1 Å². The Labute approximate surface area is 195 Å². The second-order valence-corrected chi connectivity index (χ2v) is 8.82. The van der Waals surface area contributed by atoms with Gasteiger partial charge in [-0.05, 0) is 60.2 Å². The van der Waals surface area contributed by atoms with E-state index in [0.717, 1.165) is 73.0 Å². The number of hydrogen-bond acceptors (Lipinski definition) is 6. The Morgan fingerprint density at radius 3 is 2.76 bits per heavy atom. The number of amides is 2. The number of aryl methyl sites for hydroxylation is 1. The molecule has 1 aromatic heterocycles. The molecular formula is C25H35N5O3. The van der Waals surface area contributed by atoms with Crippen LogP contribution in [0.3, 0.4) is 0 Å². The number of benzene rings is 1. The lowest BCUT2D eigenvalue weighted by molar-refractivity contribution is 0.122. The molecule has 0 aliphatic carbocycles. The van der Waals surface area contributed by atoms with Crippen molar-refractivity contribution >= 4 is 23.4 Å². The third kappa shape index (κ3) is 5.75. The molecule has 2 aliphatic heterocycles. The van der Waals surface area contributed by atoms with Gasteiger partial charge in [0.05, 0.1) is 19.8 Å². The van der Waals surface area contributed by atoms with E-state index >= 15 is 0 Å². The van der Waals surface area contributed by atoms with Crippen LogP contribution in [-0.4, -0.2) is 73.6 Å². The second kappa shape index (κ2) is 10.9. The number of aromatic nitrogens is 1. The molecule has 178 valence electrons. The number of nitrogens with zero attached hydrogens (tertiary/aromatic N) is 3. The smallest absolute Gasteiger partial charge is 0.321 e. The molecule has 3 N–H and O–H groups in total. The predicted octanol–water partition coefficient (Wildman–Crippen LogP) is 3.56. The maximum absolute atomic E-state index is 12.8. The lowest BCUT2D eigenvalue weighted by Crippen LogP contribution is -2.36. The number of likely N-dealkylation sites (tertiary alicyclic amines) is 1. The van der Waals surface area contributed by atoms with Gasteiger partial charge >= 0.3 is 6.03 Å². The van der Waals surface area contributed by atoms with Crippen LogP contribution in [-0.2, 0) is 4.74 Å². The third-order valence-electron chi connectivity index (χ3n) is 6.52. The SMILES string of the molecule is CC[C@@H]1CCN(C(=O)Nc2ccc(C)c(-c3cc(NCCO)nc(N4CCOCC4)c3)c2)C1. The fourth-order valence-corrected chi connectivity index (χ4v) is 4.46. The van der Waals surface area contributed by atoms with E-state index in [2.05, 4.69) is 35.4 Å².